The zero-order valence-electron chi connectivity index (χ0n) is 14.6. The maximum Gasteiger partial charge on any atom is 0.157 e. The topological polar surface area (TPSA) is 33.6 Å². The second kappa shape index (κ2) is 8.27. The van der Waals surface area contributed by atoms with Gasteiger partial charge in [0.2, 0.25) is 0 Å². The summed E-state index contributed by atoms with van der Waals surface area (Å²) in [4.78, 5) is 10.4. The van der Waals surface area contributed by atoms with Gasteiger partial charge in [-0.2, -0.15) is 0 Å². The predicted molar refractivity (Wildman–Crippen MR) is 103 cm³/mol. The lowest BCUT2D eigenvalue weighted by molar-refractivity contribution is 0.0716. The van der Waals surface area contributed by atoms with Crippen molar-refractivity contribution in [2.45, 2.75) is 20.5 Å². The standard InChI is InChI=1S/C22H22N2O/c1-17-11-13-20(14-12-17)22(23-21-10-6-7-18(2)15-21)24-25-16-19-8-4-3-5-9-19/h3-15H,16H2,1-2H3,(H,23,24). The molecule has 0 atom stereocenters. The van der Waals surface area contributed by atoms with Gasteiger partial charge in [-0.3, -0.25) is 4.84 Å². The van der Waals surface area contributed by atoms with Crippen molar-refractivity contribution in [3.63, 3.8) is 0 Å². The Labute approximate surface area is 149 Å². The third kappa shape index (κ3) is 5.03. The fourth-order valence-corrected chi connectivity index (χ4v) is 2.45. The second-order valence-electron chi connectivity index (χ2n) is 6.04. The van der Waals surface area contributed by atoms with E-state index in [2.05, 4.69) is 37.5 Å². The van der Waals surface area contributed by atoms with Gasteiger partial charge in [0.25, 0.3) is 0 Å². The average Bonchev–Trinajstić information content (AvgIpc) is 2.63. The molecule has 3 heteroatoms. The molecule has 3 nitrogen and oxygen atoms in total. The molecule has 0 radical (unpaired) electrons. The number of nitrogens with one attached hydrogen (secondary N) is 1. The van der Waals surface area contributed by atoms with Crippen LogP contribution in [-0.2, 0) is 11.4 Å². The zero-order chi connectivity index (χ0) is 17.5. The number of rotatable bonds is 5. The molecule has 3 aromatic carbocycles. The van der Waals surface area contributed by atoms with E-state index in [1.54, 1.807) is 0 Å². The fourth-order valence-electron chi connectivity index (χ4n) is 2.45. The zero-order valence-corrected chi connectivity index (χ0v) is 14.6. The summed E-state index contributed by atoms with van der Waals surface area (Å²) in [5.74, 6) is 0.696. The average molecular weight is 330 g/mol. The van der Waals surface area contributed by atoms with Crippen molar-refractivity contribution in [1.82, 2.24) is 5.48 Å². The van der Waals surface area contributed by atoms with E-state index in [-0.39, 0.29) is 0 Å². The molecule has 0 amide bonds. The summed E-state index contributed by atoms with van der Waals surface area (Å²) in [6.07, 6.45) is 0. The number of aryl methyl sites for hydroxylation is 2. The van der Waals surface area contributed by atoms with Crippen LogP contribution in [0.25, 0.3) is 0 Å². The molecule has 25 heavy (non-hydrogen) atoms. The quantitative estimate of drug-likeness (QED) is 0.401. The molecule has 0 saturated heterocycles. The first-order valence-electron chi connectivity index (χ1n) is 8.35. The molecule has 0 spiro atoms. The summed E-state index contributed by atoms with van der Waals surface area (Å²) >= 11 is 0. The minimum atomic E-state index is 0.472. The van der Waals surface area contributed by atoms with Crippen LogP contribution >= 0.6 is 0 Å². The van der Waals surface area contributed by atoms with Gasteiger partial charge < -0.3 is 0 Å². The van der Waals surface area contributed by atoms with Crippen molar-refractivity contribution in [3.05, 3.63) is 101 Å². The van der Waals surface area contributed by atoms with Crippen LogP contribution in [0.2, 0.25) is 0 Å². The molecule has 0 heterocycles. The third-order valence-corrected chi connectivity index (χ3v) is 3.82. The molecule has 0 aliphatic rings. The van der Waals surface area contributed by atoms with Crippen LogP contribution in [0.15, 0.2) is 83.9 Å². The van der Waals surface area contributed by atoms with Gasteiger partial charge in [0, 0.05) is 5.56 Å². The lowest BCUT2D eigenvalue weighted by atomic mass is 10.1. The molecule has 0 fully saturated rings. The van der Waals surface area contributed by atoms with Crippen molar-refractivity contribution >= 4 is 11.5 Å². The molecule has 0 aromatic heterocycles. The Morgan fingerprint density at radius 1 is 0.840 bits per heavy atom. The van der Waals surface area contributed by atoms with Crippen molar-refractivity contribution in [2.75, 3.05) is 0 Å². The molecule has 0 aliphatic carbocycles. The largest absolute Gasteiger partial charge is 0.270 e. The summed E-state index contributed by atoms with van der Waals surface area (Å²) < 4.78 is 0. The van der Waals surface area contributed by atoms with Gasteiger partial charge in [-0.25, -0.2) is 10.5 Å². The van der Waals surface area contributed by atoms with Crippen LogP contribution < -0.4 is 5.48 Å². The van der Waals surface area contributed by atoms with E-state index < -0.39 is 0 Å². The van der Waals surface area contributed by atoms with Gasteiger partial charge >= 0.3 is 0 Å². The molecular formula is C22H22N2O. The first-order chi connectivity index (χ1) is 12.2. The number of aliphatic imine (C=N–C) groups is 1. The molecule has 0 saturated carbocycles. The highest BCUT2D eigenvalue weighted by atomic mass is 16.6. The molecule has 3 aromatic rings. The lowest BCUT2D eigenvalue weighted by Crippen LogP contribution is -2.24. The summed E-state index contributed by atoms with van der Waals surface area (Å²) in [5.41, 5.74) is 8.40. The van der Waals surface area contributed by atoms with E-state index >= 15 is 0 Å². The number of hydrogen-bond donors (Lipinski definition) is 1. The van der Waals surface area contributed by atoms with E-state index in [9.17, 15) is 0 Å². The highest BCUT2D eigenvalue weighted by molar-refractivity contribution is 5.99. The third-order valence-electron chi connectivity index (χ3n) is 3.82. The minimum absolute atomic E-state index is 0.472. The van der Waals surface area contributed by atoms with Gasteiger partial charge in [0.15, 0.2) is 5.84 Å². The molecule has 1 N–H and O–H groups in total. The Kier molecular flexibility index (Phi) is 5.60. The Morgan fingerprint density at radius 2 is 1.60 bits per heavy atom. The fraction of sp³-hybridized carbons (Fsp3) is 0.136. The number of nitrogens with zero attached hydrogens (tertiary/aromatic N) is 1. The first-order valence-corrected chi connectivity index (χ1v) is 8.35. The molecule has 0 aliphatic heterocycles. The van der Waals surface area contributed by atoms with E-state index in [1.807, 2.05) is 60.7 Å². The predicted octanol–water partition coefficient (Wildman–Crippen LogP) is 5.10. The molecule has 0 bridgehead atoms. The van der Waals surface area contributed by atoms with Crippen molar-refractivity contribution < 1.29 is 4.84 Å². The summed E-state index contributed by atoms with van der Waals surface area (Å²) in [5, 5.41) is 0. The van der Waals surface area contributed by atoms with E-state index in [4.69, 9.17) is 9.83 Å². The minimum Gasteiger partial charge on any atom is -0.270 e. The Hall–Kier alpha value is -2.91. The van der Waals surface area contributed by atoms with Gasteiger partial charge in [-0.15, -0.1) is 0 Å². The molecule has 3 rings (SSSR count). The van der Waals surface area contributed by atoms with Gasteiger partial charge in [-0.05, 0) is 37.1 Å². The highest BCUT2D eigenvalue weighted by Gasteiger charge is 2.05. The molecule has 0 unspecified atom stereocenters. The Morgan fingerprint density at radius 3 is 2.32 bits per heavy atom. The summed E-state index contributed by atoms with van der Waals surface area (Å²) in [7, 11) is 0. The van der Waals surface area contributed by atoms with Crippen LogP contribution in [0.1, 0.15) is 22.3 Å². The van der Waals surface area contributed by atoms with Crippen molar-refractivity contribution in [3.8, 4) is 0 Å². The number of hydroxylamine groups is 1. The van der Waals surface area contributed by atoms with E-state index in [0.717, 1.165) is 16.8 Å². The molecular weight excluding hydrogens is 308 g/mol. The maximum absolute atomic E-state index is 5.69. The second-order valence-corrected chi connectivity index (χ2v) is 6.04. The van der Waals surface area contributed by atoms with E-state index in [0.29, 0.717) is 12.4 Å². The van der Waals surface area contributed by atoms with Crippen molar-refractivity contribution in [1.29, 1.82) is 0 Å². The monoisotopic (exact) mass is 330 g/mol. The number of amidine groups is 1. The molecule has 126 valence electrons. The van der Waals surface area contributed by atoms with Gasteiger partial charge in [0.1, 0.15) is 0 Å². The SMILES string of the molecule is Cc1ccc(C(=Nc2cccc(C)c2)NOCc2ccccc2)cc1. The normalized spacial score (nSPS) is 11.4. The Balaban J connectivity index is 1.80. The van der Waals surface area contributed by atoms with Crippen LogP contribution in [0.5, 0.6) is 0 Å². The highest BCUT2D eigenvalue weighted by Crippen LogP contribution is 2.15. The van der Waals surface area contributed by atoms with Gasteiger partial charge in [-0.1, -0.05) is 72.3 Å². The number of hydrogen-bond acceptors (Lipinski definition) is 2. The van der Waals surface area contributed by atoms with Crippen LogP contribution in [0, 0.1) is 13.8 Å². The van der Waals surface area contributed by atoms with Crippen molar-refractivity contribution in [2.24, 2.45) is 4.99 Å². The summed E-state index contributed by atoms with van der Waals surface area (Å²) in [6.45, 7) is 4.60. The Bertz CT molecular complexity index is 839. The van der Waals surface area contributed by atoms with Crippen LogP contribution in [0.3, 0.4) is 0 Å². The van der Waals surface area contributed by atoms with Crippen LogP contribution in [-0.4, -0.2) is 5.84 Å². The first kappa shape index (κ1) is 16.9. The van der Waals surface area contributed by atoms with Crippen LogP contribution in [0.4, 0.5) is 5.69 Å². The number of benzene rings is 3. The maximum atomic E-state index is 5.69. The van der Waals surface area contributed by atoms with Gasteiger partial charge in [0.05, 0.1) is 12.3 Å². The lowest BCUT2D eigenvalue weighted by Gasteiger charge is -2.11. The smallest absolute Gasteiger partial charge is 0.157 e. The summed E-state index contributed by atoms with van der Waals surface area (Å²) in [6, 6.07) is 26.4. The van der Waals surface area contributed by atoms with E-state index in [1.165, 1.54) is 11.1 Å².